The molecule has 3 heterocycles. The highest BCUT2D eigenvalue weighted by Crippen LogP contribution is 2.41. The van der Waals surface area contributed by atoms with Crippen LogP contribution in [-0.4, -0.2) is 44.2 Å². The maximum Gasteiger partial charge on any atom is 0.254 e. The highest BCUT2D eigenvalue weighted by Gasteiger charge is 2.25. The molecule has 1 fully saturated rings. The van der Waals surface area contributed by atoms with Gasteiger partial charge < -0.3 is 28.3 Å². The van der Waals surface area contributed by atoms with E-state index in [0.29, 0.717) is 56.8 Å². The Morgan fingerprint density at radius 3 is 2.65 bits per heavy atom. The Hall–Kier alpha value is -3.29. The summed E-state index contributed by atoms with van der Waals surface area (Å²) in [7, 11) is 1.63. The molecule has 0 bridgehead atoms. The van der Waals surface area contributed by atoms with Gasteiger partial charge in [-0.2, -0.15) is 0 Å². The number of hydrogen-bond acceptors (Lipinski definition) is 6. The molecule has 2 aliphatic rings. The largest absolute Gasteiger partial charge is 0.493 e. The second kappa shape index (κ2) is 9.91. The number of nitrogens with zero attached hydrogens (tertiary/aromatic N) is 1. The lowest BCUT2D eigenvalue weighted by Gasteiger charge is -2.27. The lowest BCUT2D eigenvalue weighted by atomic mass is 9.93. The average Bonchev–Trinajstić information content (AvgIpc) is 2.88. The SMILES string of the molecule is COc1cc2c(cc1OCc1ccccc1)CCn1c-2c(C)c(OC[C@@H]2COCCO2)cc1=O. The van der Waals surface area contributed by atoms with Crippen molar-refractivity contribution in [2.75, 3.05) is 33.5 Å². The zero-order chi connectivity index (χ0) is 23.5. The van der Waals surface area contributed by atoms with Crippen molar-refractivity contribution in [2.45, 2.75) is 32.6 Å². The molecule has 7 nitrogen and oxygen atoms in total. The molecular formula is C27H29NO6. The zero-order valence-electron chi connectivity index (χ0n) is 19.5. The number of methoxy groups -OCH3 is 1. The van der Waals surface area contributed by atoms with Crippen LogP contribution in [-0.2, 0) is 29.0 Å². The first kappa shape index (κ1) is 22.5. The zero-order valence-corrected chi connectivity index (χ0v) is 19.5. The van der Waals surface area contributed by atoms with Crippen molar-refractivity contribution in [2.24, 2.45) is 0 Å². The van der Waals surface area contributed by atoms with Gasteiger partial charge in [-0.1, -0.05) is 30.3 Å². The summed E-state index contributed by atoms with van der Waals surface area (Å²) in [5.74, 6) is 1.90. The molecule has 7 heteroatoms. The van der Waals surface area contributed by atoms with Crippen LogP contribution >= 0.6 is 0 Å². The average molecular weight is 464 g/mol. The minimum absolute atomic E-state index is 0.0783. The predicted molar refractivity (Wildman–Crippen MR) is 128 cm³/mol. The summed E-state index contributed by atoms with van der Waals surface area (Å²) in [6, 6.07) is 15.6. The van der Waals surface area contributed by atoms with Crippen molar-refractivity contribution in [3.8, 4) is 28.5 Å². The van der Waals surface area contributed by atoms with Crippen molar-refractivity contribution in [3.63, 3.8) is 0 Å². The van der Waals surface area contributed by atoms with E-state index in [1.807, 2.05) is 54.0 Å². The van der Waals surface area contributed by atoms with E-state index in [2.05, 4.69) is 0 Å². The molecule has 34 heavy (non-hydrogen) atoms. The third-order valence-electron chi connectivity index (χ3n) is 6.31. The second-order valence-corrected chi connectivity index (χ2v) is 8.54. The fourth-order valence-corrected chi connectivity index (χ4v) is 4.53. The van der Waals surface area contributed by atoms with Crippen LogP contribution in [0.1, 0.15) is 16.7 Å². The molecule has 2 aliphatic heterocycles. The van der Waals surface area contributed by atoms with Gasteiger partial charge in [-0.25, -0.2) is 0 Å². The molecule has 3 aromatic rings. The molecule has 1 saturated heterocycles. The van der Waals surface area contributed by atoms with E-state index in [0.717, 1.165) is 34.4 Å². The first-order valence-electron chi connectivity index (χ1n) is 11.6. The Morgan fingerprint density at radius 1 is 1.03 bits per heavy atom. The molecule has 0 unspecified atom stereocenters. The Balaban J connectivity index is 1.45. The summed E-state index contributed by atoms with van der Waals surface area (Å²) in [5, 5.41) is 0. The van der Waals surface area contributed by atoms with Gasteiger partial charge in [0.25, 0.3) is 5.56 Å². The Labute approximate surface area is 198 Å². The molecule has 0 N–H and O–H groups in total. The van der Waals surface area contributed by atoms with Crippen LogP contribution < -0.4 is 19.8 Å². The van der Waals surface area contributed by atoms with Gasteiger partial charge >= 0.3 is 0 Å². The van der Waals surface area contributed by atoms with Gasteiger partial charge in [-0.3, -0.25) is 4.79 Å². The monoisotopic (exact) mass is 463 g/mol. The Bertz CT molecular complexity index is 1210. The van der Waals surface area contributed by atoms with Crippen LogP contribution in [0, 0.1) is 6.92 Å². The van der Waals surface area contributed by atoms with Crippen LogP contribution in [0.2, 0.25) is 0 Å². The molecule has 0 amide bonds. The van der Waals surface area contributed by atoms with E-state index in [-0.39, 0.29) is 11.7 Å². The lowest BCUT2D eigenvalue weighted by Crippen LogP contribution is -2.34. The number of aromatic nitrogens is 1. The van der Waals surface area contributed by atoms with Gasteiger partial charge in [-0.15, -0.1) is 0 Å². The second-order valence-electron chi connectivity index (χ2n) is 8.54. The van der Waals surface area contributed by atoms with E-state index < -0.39 is 0 Å². The molecule has 178 valence electrons. The summed E-state index contributed by atoms with van der Waals surface area (Å²) in [6.07, 6.45) is 0.601. The lowest BCUT2D eigenvalue weighted by molar-refractivity contribution is -0.101. The third kappa shape index (κ3) is 4.54. The normalized spacial score (nSPS) is 16.9. The van der Waals surface area contributed by atoms with E-state index >= 15 is 0 Å². The minimum Gasteiger partial charge on any atom is -0.493 e. The van der Waals surface area contributed by atoms with Crippen LogP contribution in [0.5, 0.6) is 17.2 Å². The summed E-state index contributed by atoms with van der Waals surface area (Å²) in [4.78, 5) is 12.9. The number of hydrogen-bond donors (Lipinski definition) is 0. The van der Waals surface area contributed by atoms with Gasteiger partial charge in [0, 0.05) is 23.7 Å². The standard InChI is InChI=1S/C27H29NO6/c1-18-23(34-17-21-16-31-10-11-32-21)14-26(29)28-9-8-20-12-25(24(30-2)13-22(20)27(18)28)33-15-19-6-4-3-5-7-19/h3-7,12-14,21H,8-11,15-17H2,1-2H3/t21-/m0/s1. The van der Waals surface area contributed by atoms with E-state index in [1.165, 1.54) is 0 Å². The Kier molecular flexibility index (Phi) is 6.56. The summed E-state index contributed by atoms with van der Waals surface area (Å²) < 4.78 is 30.7. The number of aryl methyl sites for hydroxylation is 1. The number of ether oxygens (including phenoxy) is 5. The van der Waals surface area contributed by atoms with Crippen molar-refractivity contribution in [3.05, 3.63) is 75.6 Å². The topological polar surface area (TPSA) is 68.2 Å². The first-order chi connectivity index (χ1) is 16.6. The number of fused-ring (bicyclic) bond motifs is 3. The number of benzene rings is 2. The highest BCUT2D eigenvalue weighted by atomic mass is 16.6. The quantitative estimate of drug-likeness (QED) is 0.532. The highest BCUT2D eigenvalue weighted by molar-refractivity contribution is 5.74. The van der Waals surface area contributed by atoms with E-state index in [4.69, 9.17) is 23.7 Å². The summed E-state index contributed by atoms with van der Waals surface area (Å²) >= 11 is 0. The minimum atomic E-state index is -0.136. The van der Waals surface area contributed by atoms with Gasteiger partial charge in [0.05, 0.1) is 32.6 Å². The van der Waals surface area contributed by atoms with Crippen LogP contribution in [0.4, 0.5) is 0 Å². The van der Waals surface area contributed by atoms with Gasteiger partial charge in [0.1, 0.15) is 25.1 Å². The summed E-state index contributed by atoms with van der Waals surface area (Å²) in [6.45, 7) is 5.04. The number of pyridine rings is 1. The van der Waals surface area contributed by atoms with E-state index in [1.54, 1.807) is 13.2 Å². The van der Waals surface area contributed by atoms with Crippen LogP contribution in [0.15, 0.2) is 53.3 Å². The van der Waals surface area contributed by atoms with Crippen molar-refractivity contribution >= 4 is 0 Å². The molecule has 0 radical (unpaired) electrons. The van der Waals surface area contributed by atoms with E-state index in [9.17, 15) is 4.79 Å². The van der Waals surface area contributed by atoms with Crippen molar-refractivity contribution in [1.29, 1.82) is 0 Å². The fraction of sp³-hybridized carbons (Fsp3) is 0.370. The smallest absolute Gasteiger partial charge is 0.254 e. The Morgan fingerprint density at radius 2 is 1.88 bits per heavy atom. The molecule has 5 rings (SSSR count). The molecule has 2 aromatic carbocycles. The van der Waals surface area contributed by atoms with Crippen LogP contribution in [0.25, 0.3) is 11.3 Å². The van der Waals surface area contributed by atoms with Gasteiger partial charge in [0.2, 0.25) is 0 Å². The third-order valence-corrected chi connectivity index (χ3v) is 6.31. The maximum absolute atomic E-state index is 12.9. The molecule has 1 atom stereocenters. The predicted octanol–water partition coefficient (Wildman–Crippen LogP) is 3.76. The molecule has 0 spiro atoms. The van der Waals surface area contributed by atoms with Gasteiger partial charge in [-0.05, 0) is 36.6 Å². The molecule has 0 aliphatic carbocycles. The van der Waals surface area contributed by atoms with Crippen LogP contribution in [0.3, 0.4) is 0 Å². The number of rotatable bonds is 7. The fourth-order valence-electron chi connectivity index (χ4n) is 4.53. The van der Waals surface area contributed by atoms with Gasteiger partial charge in [0.15, 0.2) is 11.5 Å². The maximum atomic E-state index is 12.9. The molecule has 1 aromatic heterocycles. The van der Waals surface area contributed by atoms with Crippen molar-refractivity contribution < 1.29 is 23.7 Å². The first-order valence-corrected chi connectivity index (χ1v) is 11.6. The summed E-state index contributed by atoms with van der Waals surface area (Å²) in [5.41, 5.74) is 4.87. The molecular weight excluding hydrogens is 434 g/mol. The molecule has 0 saturated carbocycles. The van der Waals surface area contributed by atoms with Crippen molar-refractivity contribution in [1.82, 2.24) is 4.57 Å².